The van der Waals surface area contributed by atoms with Gasteiger partial charge in [0, 0.05) is 5.54 Å². The lowest BCUT2D eigenvalue weighted by Gasteiger charge is -2.46. The zero-order chi connectivity index (χ0) is 15.6. The summed E-state index contributed by atoms with van der Waals surface area (Å²) < 4.78 is 0. The van der Waals surface area contributed by atoms with Crippen LogP contribution in [0.1, 0.15) is 54.9 Å². The number of amides is 1. The first-order valence-corrected chi connectivity index (χ1v) is 8.03. The third-order valence-corrected chi connectivity index (χ3v) is 5.55. The van der Waals surface area contributed by atoms with Crippen LogP contribution in [-0.2, 0) is 5.54 Å². The van der Waals surface area contributed by atoms with Crippen molar-refractivity contribution in [3.63, 3.8) is 0 Å². The lowest BCUT2D eigenvalue weighted by Crippen LogP contribution is -2.46. The summed E-state index contributed by atoms with van der Waals surface area (Å²) in [5.74, 6) is 0.0773. The Hall–Kier alpha value is -1.06. The Balaban J connectivity index is 2.52. The molecule has 0 saturated heterocycles. The number of halogens is 1. The van der Waals surface area contributed by atoms with Crippen LogP contribution in [0.25, 0.3) is 0 Å². The monoisotopic (exact) mass is 308 g/mol. The Kier molecular flexibility index (Phi) is 4.95. The standard InChI is InChI=1S/C17H25ClN2O/c1-17(20(2)3,12-8-5-4-6-9-12)14-11-7-10-13(15(14)18)16(19)21/h7,10-12H,4-6,8-9H2,1-3H3,(H2,19,21). The molecule has 1 aromatic rings. The van der Waals surface area contributed by atoms with Gasteiger partial charge in [-0.1, -0.05) is 43.0 Å². The molecule has 1 saturated carbocycles. The molecule has 1 aromatic carbocycles. The van der Waals surface area contributed by atoms with E-state index < -0.39 is 5.91 Å². The first-order valence-electron chi connectivity index (χ1n) is 7.65. The number of nitrogens with two attached hydrogens (primary N) is 1. The molecule has 0 radical (unpaired) electrons. The molecule has 116 valence electrons. The fourth-order valence-electron chi connectivity index (χ4n) is 3.60. The zero-order valence-corrected chi connectivity index (χ0v) is 13.9. The molecule has 0 aromatic heterocycles. The van der Waals surface area contributed by atoms with E-state index in [0.717, 1.165) is 5.56 Å². The van der Waals surface area contributed by atoms with Gasteiger partial charge < -0.3 is 5.73 Å². The second kappa shape index (κ2) is 6.37. The Labute approximate surface area is 132 Å². The van der Waals surface area contributed by atoms with Crippen molar-refractivity contribution < 1.29 is 4.79 Å². The van der Waals surface area contributed by atoms with E-state index in [-0.39, 0.29) is 5.54 Å². The first kappa shape index (κ1) is 16.3. The van der Waals surface area contributed by atoms with E-state index >= 15 is 0 Å². The van der Waals surface area contributed by atoms with E-state index in [0.29, 0.717) is 16.5 Å². The number of nitrogens with zero attached hydrogens (tertiary/aromatic N) is 1. The van der Waals surface area contributed by atoms with Gasteiger partial charge in [-0.2, -0.15) is 0 Å². The minimum absolute atomic E-state index is 0.178. The minimum atomic E-state index is -0.466. The van der Waals surface area contributed by atoms with Crippen molar-refractivity contribution in [1.29, 1.82) is 0 Å². The summed E-state index contributed by atoms with van der Waals surface area (Å²) in [6.45, 7) is 2.23. The maximum Gasteiger partial charge on any atom is 0.250 e. The topological polar surface area (TPSA) is 46.3 Å². The van der Waals surface area contributed by atoms with Crippen molar-refractivity contribution in [2.45, 2.75) is 44.6 Å². The SMILES string of the molecule is CN(C)C(C)(c1cccc(C(N)=O)c1Cl)C1CCCCC1. The number of carbonyl (C=O) groups is 1. The molecule has 4 heteroatoms. The third kappa shape index (κ3) is 2.95. The Morgan fingerprint density at radius 2 is 1.90 bits per heavy atom. The van der Waals surface area contributed by atoms with Crippen molar-refractivity contribution in [2.75, 3.05) is 14.1 Å². The summed E-state index contributed by atoms with van der Waals surface area (Å²) in [6, 6.07) is 5.61. The van der Waals surface area contributed by atoms with Gasteiger partial charge >= 0.3 is 0 Å². The van der Waals surface area contributed by atoms with Crippen molar-refractivity contribution in [3.8, 4) is 0 Å². The van der Waals surface area contributed by atoms with Crippen LogP contribution in [0.15, 0.2) is 18.2 Å². The molecule has 21 heavy (non-hydrogen) atoms. The van der Waals surface area contributed by atoms with Crippen molar-refractivity contribution in [2.24, 2.45) is 11.7 Å². The van der Waals surface area contributed by atoms with Crippen LogP contribution in [0.2, 0.25) is 5.02 Å². The molecular weight excluding hydrogens is 284 g/mol. The number of carbonyl (C=O) groups excluding carboxylic acids is 1. The molecule has 1 aliphatic carbocycles. The van der Waals surface area contributed by atoms with Crippen LogP contribution >= 0.6 is 11.6 Å². The van der Waals surface area contributed by atoms with Gasteiger partial charge in [0.15, 0.2) is 0 Å². The first-order chi connectivity index (χ1) is 9.89. The van der Waals surface area contributed by atoms with Gasteiger partial charge in [0.2, 0.25) is 5.91 Å². The van der Waals surface area contributed by atoms with E-state index in [2.05, 4.69) is 25.9 Å². The summed E-state index contributed by atoms with van der Waals surface area (Å²) in [5.41, 5.74) is 6.69. The van der Waals surface area contributed by atoms with Crippen molar-refractivity contribution in [1.82, 2.24) is 4.90 Å². The summed E-state index contributed by atoms with van der Waals surface area (Å²) >= 11 is 6.52. The fourth-order valence-corrected chi connectivity index (χ4v) is 4.01. The van der Waals surface area contributed by atoms with E-state index in [1.54, 1.807) is 6.07 Å². The molecule has 0 spiro atoms. The average Bonchev–Trinajstić information content (AvgIpc) is 2.47. The summed E-state index contributed by atoms with van der Waals surface area (Å²) in [4.78, 5) is 13.8. The van der Waals surface area contributed by atoms with Crippen molar-refractivity contribution >= 4 is 17.5 Å². The number of rotatable bonds is 4. The van der Waals surface area contributed by atoms with Gasteiger partial charge in [0.05, 0.1) is 10.6 Å². The van der Waals surface area contributed by atoms with Crippen LogP contribution in [0, 0.1) is 5.92 Å². The second-order valence-corrected chi connectivity index (χ2v) is 6.79. The number of hydrogen-bond acceptors (Lipinski definition) is 2. The van der Waals surface area contributed by atoms with E-state index in [4.69, 9.17) is 17.3 Å². The Morgan fingerprint density at radius 3 is 2.43 bits per heavy atom. The summed E-state index contributed by atoms with van der Waals surface area (Å²) in [6.07, 6.45) is 6.25. The Morgan fingerprint density at radius 1 is 1.29 bits per heavy atom. The molecule has 3 nitrogen and oxygen atoms in total. The van der Waals surface area contributed by atoms with Gasteiger partial charge in [0.25, 0.3) is 0 Å². The van der Waals surface area contributed by atoms with Crippen molar-refractivity contribution in [3.05, 3.63) is 34.3 Å². The molecule has 0 bridgehead atoms. The molecule has 0 aliphatic heterocycles. The van der Waals surface area contributed by atoms with Gasteiger partial charge in [-0.25, -0.2) is 0 Å². The van der Waals surface area contributed by atoms with Crippen LogP contribution < -0.4 is 5.73 Å². The average molecular weight is 309 g/mol. The highest BCUT2D eigenvalue weighted by Gasteiger charge is 2.40. The Bertz CT molecular complexity index is 524. The number of benzene rings is 1. The minimum Gasteiger partial charge on any atom is -0.366 e. The molecule has 1 fully saturated rings. The van der Waals surface area contributed by atoms with Gasteiger partial charge in [-0.15, -0.1) is 0 Å². The maximum absolute atomic E-state index is 11.6. The lowest BCUT2D eigenvalue weighted by molar-refractivity contribution is 0.0688. The smallest absolute Gasteiger partial charge is 0.250 e. The van der Waals surface area contributed by atoms with Gasteiger partial charge in [-0.3, -0.25) is 9.69 Å². The zero-order valence-electron chi connectivity index (χ0n) is 13.2. The van der Waals surface area contributed by atoms with Crippen LogP contribution in [0.4, 0.5) is 0 Å². The quantitative estimate of drug-likeness (QED) is 0.919. The highest BCUT2D eigenvalue weighted by atomic mass is 35.5. The fraction of sp³-hybridized carbons (Fsp3) is 0.588. The molecule has 2 N–H and O–H groups in total. The predicted molar refractivity (Wildman–Crippen MR) is 87.6 cm³/mol. The normalized spacial score (nSPS) is 19.5. The maximum atomic E-state index is 11.6. The van der Waals surface area contributed by atoms with E-state index in [1.165, 1.54) is 32.1 Å². The molecule has 1 atom stereocenters. The molecule has 1 amide bonds. The van der Waals surface area contributed by atoms with E-state index in [9.17, 15) is 4.79 Å². The molecular formula is C17H25ClN2O. The van der Waals surface area contributed by atoms with Gasteiger partial charge in [-0.05, 0) is 51.4 Å². The highest BCUT2D eigenvalue weighted by molar-refractivity contribution is 6.34. The number of hydrogen-bond donors (Lipinski definition) is 1. The summed E-state index contributed by atoms with van der Waals surface area (Å²) in [7, 11) is 4.17. The van der Waals surface area contributed by atoms with Crippen LogP contribution in [0.5, 0.6) is 0 Å². The third-order valence-electron chi connectivity index (χ3n) is 5.14. The number of primary amides is 1. The second-order valence-electron chi connectivity index (χ2n) is 6.41. The molecule has 1 unspecified atom stereocenters. The predicted octanol–water partition coefficient (Wildman–Crippen LogP) is 3.80. The molecule has 0 heterocycles. The molecule has 1 aliphatic rings. The van der Waals surface area contributed by atoms with Crippen LogP contribution in [-0.4, -0.2) is 24.9 Å². The highest BCUT2D eigenvalue weighted by Crippen LogP contribution is 2.45. The lowest BCUT2D eigenvalue weighted by atomic mass is 9.71. The molecule has 2 rings (SSSR count). The summed E-state index contributed by atoms with van der Waals surface area (Å²) in [5, 5.41) is 0.506. The van der Waals surface area contributed by atoms with Gasteiger partial charge in [0.1, 0.15) is 0 Å². The largest absolute Gasteiger partial charge is 0.366 e. The van der Waals surface area contributed by atoms with E-state index in [1.807, 2.05) is 12.1 Å². The van der Waals surface area contributed by atoms with Crippen LogP contribution in [0.3, 0.4) is 0 Å².